The summed E-state index contributed by atoms with van der Waals surface area (Å²) in [5.41, 5.74) is 0. The molecule has 0 aromatic heterocycles. The lowest BCUT2D eigenvalue weighted by atomic mass is 9.98. The first-order chi connectivity index (χ1) is 5.84. The fraction of sp³-hybridized carbons (Fsp3) is 0.778. The average molecular weight is 167 g/mol. The predicted octanol–water partition coefficient (Wildman–Crippen LogP) is 1.63. The van der Waals surface area contributed by atoms with Gasteiger partial charge in [-0.3, -0.25) is 4.79 Å². The summed E-state index contributed by atoms with van der Waals surface area (Å²) in [7, 11) is 0. The lowest BCUT2D eigenvalue weighted by Gasteiger charge is -2.08. The molecule has 0 spiro atoms. The molecule has 1 rings (SSSR count). The van der Waals surface area contributed by atoms with Crippen LogP contribution in [0.4, 0.5) is 0 Å². The van der Waals surface area contributed by atoms with Crippen molar-refractivity contribution < 1.29 is 9.53 Å². The first-order valence-electron chi connectivity index (χ1n) is 4.38. The van der Waals surface area contributed by atoms with Gasteiger partial charge in [-0.15, -0.1) is 0 Å². The number of cyclic esters (lactones) is 1. The molecule has 3 nitrogen and oxygen atoms in total. The van der Waals surface area contributed by atoms with E-state index in [1.807, 2.05) is 6.07 Å². The number of carbonyl (C=O) groups excluding carboxylic acids is 1. The Morgan fingerprint density at radius 1 is 1.58 bits per heavy atom. The normalized spacial score (nSPS) is 23.9. The van der Waals surface area contributed by atoms with E-state index in [0.717, 1.165) is 19.3 Å². The largest absolute Gasteiger partial charge is 0.465 e. The van der Waals surface area contributed by atoms with Crippen LogP contribution in [-0.4, -0.2) is 12.6 Å². The monoisotopic (exact) mass is 167 g/mol. The number of esters is 1. The molecule has 0 aromatic carbocycles. The molecule has 0 N–H and O–H groups in total. The summed E-state index contributed by atoms with van der Waals surface area (Å²) in [6.07, 6.45) is 4.02. The maximum atomic E-state index is 11.2. The molecule has 0 aliphatic carbocycles. The van der Waals surface area contributed by atoms with Crippen molar-refractivity contribution in [2.45, 2.75) is 32.1 Å². The van der Waals surface area contributed by atoms with E-state index in [2.05, 4.69) is 0 Å². The number of carbonyl (C=O) groups is 1. The Kier molecular flexibility index (Phi) is 3.59. The van der Waals surface area contributed by atoms with Crippen LogP contribution >= 0.6 is 0 Å². The first-order valence-corrected chi connectivity index (χ1v) is 4.38. The SMILES string of the molecule is N#CCC[C@H]1CCCCOC1=O. The fourth-order valence-electron chi connectivity index (χ4n) is 1.40. The van der Waals surface area contributed by atoms with Crippen LogP contribution in [0.2, 0.25) is 0 Å². The van der Waals surface area contributed by atoms with Crippen molar-refractivity contribution >= 4 is 5.97 Å². The van der Waals surface area contributed by atoms with Gasteiger partial charge in [-0.25, -0.2) is 0 Å². The average Bonchev–Trinajstić information content (AvgIpc) is 2.27. The van der Waals surface area contributed by atoms with Crippen molar-refractivity contribution in [3.63, 3.8) is 0 Å². The second-order valence-electron chi connectivity index (χ2n) is 3.06. The van der Waals surface area contributed by atoms with Gasteiger partial charge in [0.2, 0.25) is 0 Å². The van der Waals surface area contributed by atoms with Crippen molar-refractivity contribution in [1.82, 2.24) is 0 Å². The summed E-state index contributed by atoms with van der Waals surface area (Å²) < 4.78 is 4.96. The molecule has 0 unspecified atom stereocenters. The van der Waals surface area contributed by atoms with Gasteiger partial charge in [-0.1, -0.05) is 0 Å². The first kappa shape index (κ1) is 9.05. The minimum Gasteiger partial charge on any atom is -0.465 e. The van der Waals surface area contributed by atoms with Gasteiger partial charge in [0.25, 0.3) is 0 Å². The van der Waals surface area contributed by atoms with Crippen molar-refractivity contribution in [3.05, 3.63) is 0 Å². The Labute approximate surface area is 72.3 Å². The zero-order valence-electron chi connectivity index (χ0n) is 7.08. The zero-order chi connectivity index (χ0) is 8.81. The van der Waals surface area contributed by atoms with Crippen LogP contribution in [0.3, 0.4) is 0 Å². The molecule has 3 heteroatoms. The molecule has 0 aromatic rings. The van der Waals surface area contributed by atoms with Crippen LogP contribution in [0.1, 0.15) is 32.1 Å². The Bertz CT molecular complexity index is 195. The predicted molar refractivity (Wildman–Crippen MR) is 43.1 cm³/mol. The highest BCUT2D eigenvalue weighted by molar-refractivity contribution is 5.72. The third-order valence-electron chi connectivity index (χ3n) is 2.13. The lowest BCUT2D eigenvalue weighted by Crippen LogP contribution is -2.15. The van der Waals surface area contributed by atoms with Gasteiger partial charge in [0.05, 0.1) is 18.6 Å². The molecule has 1 atom stereocenters. The summed E-state index contributed by atoms with van der Waals surface area (Å²) in [6.45, 7) is 0.557. The van der Waals surface area contributed by atoms with Crippen LogP contribution in [0.15, 0.2) is 0 Å². The highest BCUT2D eigenvalue weighted by Gasteiger charge is 2.21. The quantitative estimate of drug-likeness (QED) is 0.587. The molecule has 66 valence electrons. The second kappa shape index (κ2) is 4.76. The van der Waals surface area contributed by atoms with E-state index < -0.39 is 0 Å². The van der Waals surface area contributed by atoms with Crippen molar-refractivity contribution in [2.75, 3.05) is 6.61 Å². The van der Waals surface area contributed by atoms with E-state index in [4.69, 9.17) is 10.00 Å². The van der Waals surface area contributed by atoms with Gasteiger partial charge in [0, 0.05) is 6.42 Å². The number of nitriles is 1. The van der Waals surface area contributed by atoms with Crippen LogP contribution in [-0.2, 0) is 9.53 Å². The van der Waals surface area contributed by atoms with E-state index in [1.54, 1.807) is 0 Å². The molecule has 0 amide bonds. The van der Waals surface area contributed by atoms with Crippen LogP contribution in [0, 0.1) is 17.2 Å². The third-order valence-corrected chi connectivity index (χ3v) is 2.13. The Morgan fingerprint density at radius 2 is 2.42 bits per heavy atom. The maximum absolute atomic E-state index is 11.2. The van der Waals surface area contributed by atoms with E-state index in [-0.39, 0.29) is 11.9 Å². The van der Waals surface area contributed by atoms with Gasteiger partial charge in [0.15, 0.2) is 0 Å². The molecule has 12 heavy (non-hydrogen) atoms. The smallest absolute Gasteiger partial charge is 0.308 e. The number of nitrogens with zero attached hydrogens (tertiary/aromatic N) is 1. The summed E-state index contributed by atoms with van der Waals surface area (Å²) in [4.78, 5) is 11.2. The molecule has 1 saturated heterocycles. The molecular formula is C9H13NO2. The Balaban J connectivity index is 2.38. The minimum absolute atomic E-state index is 0.0212. The standard InChI is InChI=1S/C9H13NO2/c10-6-3-5-8-4-1-2-7-12-9(8)11/h8H,1-5,7H2/t8-/m1/s1. The van der Waals surface area contributed by atoms with Crippen LogP contribution in [0.25, 0.3) is 0 Å². The maximum Gasteiger partial charge on any atom is 0.308 e. The summed E-state index contributed by atoms with van der Waals surface area (Å²) in [5.74, 6) is -0.130. The van der Waals surface area contributed by atoms with Gasteiger partial charge in [0.1, 0.15) is 0 Å². The summed E-state index contributed by atoms with van der Waals surface area (Å²) in [5, 5.41) is 8.35. The summed E-state index contributed by atoms with van der Waals surface area (Å²) in [6, 6.07) is 2.05. The molecule has 1 heterocycles. The number of rotatable bonds is 2. The van der Waals surface area contributed by atoms with Gasteiger partial charge >= 0.3 is 5.97 Å². The van der Waals surface area contributed by atoms with E-state index >= 15 is 0 Å². The minimum atomic E-state index is -0.109. The molecular weight excluding hydrogens is 154 g/mol. The number of hydrogen-bond donors (Lipinski definition) is 0. The van der Waals surface area contributed by atoms with Gasteiger partial charge < -0.3 is 4.74 Å². The van der Waals surface area contributed by atoms with E-state index in [0.29, 0.717) is 19.4 Å². The van der Waals surface area contributed by atoms with Gasteiger partial charge in [-0.2, -0.15) is 5.26 Å². The topological polar surface area (TPSA) is 50.1 Å². The van der Waals surface area contributed by atoms with Crippen LogP contribution in [0.5, 0.6) is 0 Å². The Hall–Kier alpha value is -1.04. The van der Waals surface area contributed by atoms with E-state index in [9.17, 15) is 4.79 Å². The lowest BCUT2D eigenvalue weighted by molar-refractivity contribution is -0.147. The molecule has 0 bridgehead atoms. The number of hydrogen-bond acceptors (Lipinski definition) is 3. The van der Waals surface area contributed by atoms with Gasteiger partial charge in [-0.05, 0) is 25.7 Å². The fourth-order valence-corrected chi connectivity index (χ4v) is 1.40. The molecule has 1 fully saturated rings. The van der Waals surface area contributed by atoms with Crippen LogP contribution < -0.4 is 0 Å². The highest BCUT2D eigenvalue weighted by atomic mass is 16.5. The van der Waals surface area contributed by atoms with Crippen molar-refractivity contribution in [1.29, 1.82) is 5.26 Å². The molecule has 0 radical (unpaired) electrons. The summed E-state index contributed by atoms with van der Waals surface area (Å²) >= 11 is 0. The molecule has 1 aliphatic heterocycles. The molecule has 1 aliphatic rings. The van der Waals surface area contributed by atoms with E-state index in [1.165, 1.54) is 0 Å². The number of ether oxygens (including phenoxy) is 1. The Morgan fingerprint density at radius 3 is 3.17 bits per heavy atom. The highest BCUT2D eigenvalue weighted by Crippen LogP contribution is 2.19. The third kappa shape index (κ3) is 2.54. The second-order valence-corrected chi connectivity index (χ2v) is 3.06. The van der Waals surface area contributed by atoms with Crippen molar-refractivity contribution in [3.8, 4) is 6.07 Å². The zero-order valence-corrected chi connectivity index (χ0v) is 7.08. The van der Waals surface area contributed by atoms with Crippen molar-refractivity contribution in [2.24, 2.45) is 5.92 Å². The molecule has 0 saturated carbocycles.